The van der Waals surface area contributed by atoms with E-state index in [-0.39, 0.29) is 13.0 Å². The summed E-state index contributed by atoms with van der Waals surface area (Å²) in [5.41, 5.74) is 2.47. The second-order valence-corrected chi connectivity index (χ2v) is 9.20. The molecule has 3 aromatic rings. The highest BCUT2D eigenvalue weighted by Crippen LogP contribution is 2.38. The maximum atomic E-state index is 11.7. The molecule has 2 N–H and O–H groups in total. The van der Waals surface area contributed by atoms with Crippen LogP contribution in [0.1, 0.15) is 36.8 Å². The Morgan fingerprint density at radius 3 is 2.21 bits per heavy atom. The van der Waals surface area contributed by atoms with Crippen molar-refractivity contribution in [2.75, 3.05) is 31.2 Å². The van der Waals surface area contributed by atoms with Crippen LogP contribution in [-0.4, -0.2) is 54.6 Å². The molecule has 1 aliphatic heterocycles. The van der Waals surface area contributed by atoms with Crippen LogP contribution in [0.4, 0.5) is 5.69 Å². The third-order valence-corrected chi connectivity index (χ3v) is 6.26. The summed E-state index contributed by atoms with van der Waals surface area (Å²) in [5.74, 6) is 0.220. The topological polar surface area (TPSA) is 106 Å². The van der Waals surface area contributed by atoms with Gasteiger partial charge >= 0.3 is 11.9 Å². The van der Waals surface area contributed by atoms with Crippen LogP contribution in [0.5, 0.6) is 17.2 Å². The first-order valence-corrected chi connectivity index (χ1v) is 13.1. The number of ether oxygens (including phenoxy) is 3. The molecule has 1 unspecified atom stereocenters. The Hall–Kier alpha value is -4.46. The number of nitrogens with zero attached hydrogens (tertiary/aromatic N) is 1. The SMILES string of the molecule is O=C(O)CCCN1CC(C(=O)O)Oc2c(C=Cc3ccc(OCCCCOc4ccccc4)cc3)cccc21. The van der Waals surface area contributed by atoms with E-state index in [1.54, 1.807) is 0 Å². The number of fused-ring (bicyclic) bond motifs is 1. The van der Waals surface area contributed by atoms with Gasteiger partial charge < -0.3 is 29.3 Å². The Morgan fingerprint density at radius 2 is 1.54 bits per heavy atom. The number of carboxylic acid groups (broad SMARTS) is 2. The summed E-state index contributed by atoms with van der Waals surface area (Å²) in [6.45, 7) is 1.85. The average Bonchev–Trinajstić information content (AvgIpc) is 2.94. The fraction of sp³-hybridized carbons (Fsp3) is 0.290. The number of hydrogen-bond acceptors (Lipinski definition) is 6. The number of carbonyl (C=O) groups is 2. The van der Waals surface area contributed by atoms with E-state index in [9.17, 15) is 14.7 Å². The molecule has 39 heavy (non-hydrogen) atoms. The minimum absolute atomic E-state index is 0.0202. The normalized spacial score (nSPS) is 14.5. The summed E-state index contributed by atoms with van der Waals surface area (Å²) in [5, 5.41) is 18.6. The lowest BCUT2D eigenvalue weighted by Gasteiger charge is -2.35. The molecule has 0 saturated heterocycles. The zero-order chi connectivity index (χ0) is 27.5. The van der Waals surface area contributed by atoms with Gasteiger partial charge in [-0.3, -0.25) is 4.79 Å². The maximum absolute atomic E-state index is 11.7. The van der Waals surface area contributed by atoms with E-state index in [1.807, 2.05) is 89.8 Å². The summed E-state index contributed by atoms with van der Waals surface area (Å²) in [6.07, 6.45) is 5.02. The van der Waals surface area contributed by atoms with Crippen molar-refractivity contribution in [3.05, 3.63) is 83.9 Å². The van der Waals surface area contributed by atoms with Crippen LogP contribution >= 0.6 is 0 Å². The molecule has 204 valence electrons. The maximum Gasteiger partial charge on any atom is 0.346 e. The average molecular weight is 532 g/mol. The van der Waals surface area contributed by atoms with Gasteiger partial charge in [-0.1, -0.05) is 54.6 Å². The first kappa shape index (κ1) is 27.6. The fourth-order valence-corrected chi connectivity index (χ4v) is 4.25. The second-order valence-electron chi connectivity index (χ2n) is 9.20. The van der Waals surface area contributed by atoms with E-state index >= 15 is 0 Å². The molecule has 0 bridgehead atoms. The van der Waals surface area contributed by atoms with Crippen LogP contribution in [0.25, 0.3) is 12.2 Å². The van der Waals surface area contributed by atoms with Gasteiger partial charge in [0.1, 0.15) is 11.5 Å². The zero-order valence-corrected chi connectivity index (χ0v) is 21.7. The first-order chi connectivity index (χ1) is 19.0. The van der Waals surface area contributed by atoms with Gasteiger partial charge in [0.15, 0.2) is 5.75 Å². The molecular formula is C31H33NO7. The van der Waals surface area contributed by atoms with Crippen molar-refractivity contribution in [2.24, 2.45) is 0 Å². The molecule has 0 amide bonds. The van der Waals surface area contributed by atoms with Gasteiger partial charge in [0, 0.05) is 18.5 Å². The number of para-hydroxylation sites is 2. The van der Waals surface area contributed by atoms with Gasteiger partial charge in [-0.2, -0.15) is 0 Å². The molecule has 8 heteroatoms. The van der Waals surface area contributed by atoms with Crippen molar-refractivity contribution in [1.82, 2.24) is 0 Å². The molecule has 1 aliphatic rings. The van der Waals surface area contributed by atoms with Crippen molar-refractivity contribution in [3.8, 4) is 17.2 Å². The van der Waals surface area contributed by atoms with E-state index in [2.05, 4.69) is 0 Å². The Kier molecular flexibility index (Phi) is 9.83. The molecule has 0 spiro atoms. The molecule has 1 atom stereocenters. The lowest BCUT2D eigenvalue weighted by Crippen LogP contribution is -2.45. The van der Waals surface area contributed by atoms with Gasteiger partial charge in [0.05, 0.1) is 25.4 Å². The predicted molar refractivity (Wildman–Crippen MR) is 150 cm³/mol. The molecule has 1 heterocycles. The van der Waals surface area contributed by atoms with Crippen LogP contribution in [-0.2, 0) is 9.59 Å². The first-order valence-electron chi connectivity index (χ1n) is 13.1. The Balaban J connectivity index is 1.32. The summed E-state index contributed by atoms with van der Waals surface area (Å²) < 4.78 is 17.4. The number of hydrogen-bond donors (Lipinski definition) is 2. The molecule has 0 aliphatic carbocycles. The minimum Gasteiger partial charge on any atom is -0.494 e. The Labute approximate surface area is 228 Å². The molecule has 8 nitrogen and oxygen atoms in total. The number of benzene rings is 3. The van der Waals surface area contributed by atoms with Crippen LogP contribution in [0.15, 0.2) is 72.8 Å². The molecule has 4 rings (SSSR count). The Morgan fingerprint density at radius 1 is 0.846 bits per heavy atom. The lowest BCUT2D eigenvalue weighted by molar-refractivity contribution is -0.145. The summed E-state index contributed by atoms with van der Waals surface area (Å²) >= 11 is 0. The predicted octanol–water partition coefficient (Wildman–Crippen LogP) is 5.61. The number of unbranched alkanes of at least 4 members (excludes halogenated alkanes) is 1. The van der Waals surface area contributed by atoms with Crippen LogP contribution in [0.3, 0.4) is 0 Å². The van der Waals surface area contributed by atoms with E-state index in [0.717, 1.165) is 41.2 Å². The van der Waals surface area contributed by atoms with Crippen LogP contribution in [0, 0.1) is 0 Å². The van der Waals surface area contributed by atoms with E-state index in [0.29, 0.717) is 31.9 Å². The zero-order valence-electron chi connectivity index (χ0n) is 21.7. The van der Waals surface area contributed by atoms with Crippen molar-refractivity contribution < 1.29 is 34.0 Å². The smallest absolute Gasteiger partial charge is 0.346 e. The quantitative estimate of drug-likeness (QED) is 0.204. The van der Waals surface area contributed by atoms with Crippen LogP contribution < -0.4 is 19.1 Å². The summed E-state index contributed by atoms with van der Waals surface area (Å²) in [7, 11) is 0. The minimum atomic E-state index is -1.05. The van der Waals surface area contributed by atoms with Crippen molar-refractivity contribution in [3.63, 3.8) is 0 Å². The van der Waals surface area contributed by atoms with Crippen molar-refractivity contribution in [2.45, 2.75) is 31.8 Å². The lowest BCUT2D eigenvalue weighted by atomic mass is 10.1. The number of aliphatic carboxylic acids is 2. The van der Waals surface area contributed by atoms with Gasteiger partial charge in [-0.25, -0.2) is 4.79 Å². The highest BCUT2D eigenvalue weighted by atomic mass is 16.5. The molecule has 3 aromatic carbocycles. The highest BCUT2D eigenvalue weighted by Gasteiger charge is 2.31. The standard InChI is InChI=1S/C31H33NO7/c33-29(34)12-7-19-32-22-28(31(35)36)39-30-24(8-6-11-27(30)32)16-13-23-14-17-26(18-15-23)38-21-5-4-20-37-25-9-2-1-3-10-25/h1-3,6,8-11,13-18,28H,4-5,7,12,19-22H2,(H,33,34)(H,35,36). The third-order valence-electron chi connectivity index (χ3n) is 6.26. The molecule has 0 fully saturated rings. The highest BCUT2D eigenvalue weighted by molar-refractivity contribution is 5.81. The number of carboxylic acids is 2. The molecule has 0 aromatic heterocycles. The third kappa shape index (κ3) is 8.26. The van der Waals surface area contributed by atoms with Gasteiger partial charge in [-0.15, -0.1) is 0 Å². The Bertz CT molecular complexity index is 1260. The van der Waals surface area contributed by atoms with Crippen molar-refractivity contribution >= 4 is 29.8 Å². The van der Waals surface area contributed by atoms with E-state index in [1.165, 1.54) is 0 Å². The van der Waals surface area contributed by atoms with E-state index in [4.69, 9.17) is 19.3 Å². The summed E-state index contributed by atoms with van der Waals surface area (Å²) in [4.78, 5) is 24.5. The number of rotatable bonds is 14. The largest absolute Gasteiger partial charge is 0.494 e. The number of anilines is 1. The molecular weight excluding hydrogens is 498 g/mol. The molecule has 0 saturated carbocycles. The van der Waals surface area contributed by atoms with E-state index < -0.39 is 18.0 Å². The molecule has 0 radical (unpaired) electrons. The van der Waals surface area contributed by atoms with Gasteiger partial charge in [-0.05, 0) is 55.2 Å². The monoisotopic (exact) mass is 531 g/mol. The second kappa shape index (κ2) is 13.9. The summed E-state index contributed by atoms with van der Waals surface area (Å²) in [6, 6.07) is 23.1. The van der Waals surface area contributed by atoms with Gasteiger partial charge in [0.2, 0.25) is 6.10 Å². The fourth-order valence-electron chi connectivity index (χ4n) is 4.25. The van der Waals surface area contributed by atoms with Crippen molar-refractivity contribution in [1.29, 1.82) is 0 Å². The van der Waals surface area contributed by atoms with Gasteiger partial charge in [0.25, 0.3) is 0 Å². The van der Waals surface area contributed by atoms with Crippen LogP contribution in [0.2, 0.25) is 0 Å².